The number of aryl methyl sites for hydroxylation is 2. The number of aromatic nitrogens is 1. The highest BCUT2D eigenvalue weighted by molar-refractivity contribution is 6.05. The van der Waals surface area contributed by atoms with Crippen molar-refractivity contribution < 1.29 is 13.7 Å². The van der Waals surface area contributed by atoms with Crippen LogP contribution in [0.5, 0.6) is 11.5 Å². The Balaban J connectivity index is 1.99. The molecule has 4 aromatic rings. The van der Waals surface area contributed by atoms with E-state index in [4.69, 9.17) is 9.15 Å². The Bertz CT molecular complexity index is 1180. The average molecular weight is 344 g/mol. The Morgan fingerprint density at radius 2 is 1.92 bits per heavy atom. The number of hydrogen-bond donors (Lipinski definition) is 0. The highest BCUT2D eigenvalue weighted by atomic mass is 16.5. The Morgan fingerprint density at radius 1 is 1.08 bits per heavy atom. The minimum atomic E-state index is 0.530. The Kier molecular flexibility index (Phi) is 3.17. The third kappa shape index (κ3) is 1.97. The first-order valence-corrected chi connectivity index (χ1v) is 9.19. The van der Waals surface area contributed by atoms with Crippen LogP contribution in [0.3, 0.4) is 0 Å². The van der Waals surface area contributed by atoms with Crippen molar-refractivity contribution in [3.63, 3.8) is 0 Å². The average Bonchev–Trinajstić information content (AvgIpc) is 3.10. The van der Waals surface area contributed by atoms with E-state index in [1.54, 1.807) is 6.26 Å². The molecule has 3 nitrogen and oxygen atoms in total. The van der Waals surface area contributed by atoms with Crippen LogP contribution in [0.1, 0.15) is 25.0 Å². The molecule has 0 fully saturated rings. The van der Waals surface area contributed by atoms with Crippen molar-refractivity contribution in [3.05, 3.63) is 53.8 Å². The number of fused-ring (bicyclic) bond motifs is 3. The summed E-state index contributed by atoms with van der Waals surface area (Å²) in [7, 11) is 2.07. The monoisotopic (exact) mass is 344 g/mol. The maximum absolute atomic E-state index is 6.53. The summed E-state index contributed by atoms with van der Waals surface area (Å²) in [6.45, 7) is 6.66. The second-order valence-electron chi connectivity index (χ2n) is 7.67. The molecule has 0 atom stereocenters. The van der Waals surface area contributed by atoms with Crippen LogP contribution in [-0.2, 0) is 13.5 Å². The van der Waals surface area contributed by atoms with Crippen molar-refractivity contribution in [1.82, 2.24) is 0 Å². The summed E-state index contributed by atoms with van der Waals surface area (Å²) in [4.78, 5) is 0. The van der Waals surface area contributed by atoms with Gasteiger partial charge in [0.15, 0.2) is 0 Å². The molecule has 0 saturated carbocycles. The van der Waals surface area contributed by atoms with Crippen molar-refractivity contribution in [3.8, 4) is 22.8 Å². The third-order valence-corrected chi connectivity index (χ3v) is 5.38. The predicted octanol–water partition coefficient (Wildman–Crippen LogP) is 5.69. The van der Waals surface area contributed by atoms with E-state index in [9.17, 15) is 0 Å². The van der Waals surface area contributed by atoms with Gasteiger partial charge in [-0.2, -0.15) is 4.57 Å². The van der Waals surface area contributed by atoms with E-state index in [2.05, 4.69) is 68.8 Å². The van der Waals surface area contributed by atoms with Crippen LogP contribution in [0.2, 0.25) is 0 Å². The Hall–Kier alpha value is -2.81. The minimum absolute atomic E-state index is 0.530. The van der Waals surface area contributed by atoms with Crippen LogP contribution in [0, 0.1) is 12.8 Å². The molecule has 1 aliphatic heterocycles. The Morgan fingerprint density at radius 3 is 2.73 bits per heavy atom. The smallest absolute Gasteiger partial charge is 0.381 e. The van der Waals surface area contributed by atoms with Gasteiger partial charge in [-0.1, -0.05) is 38.1 Å². The number of nitrogens with zero attached hydrogens (tertiary/aromatic N) is 1. The molecule has 2 aromatic heterocycles. The summed E-state index contributed by atoms with van der Waals surface area (Å²) in [6.07, 6.45) is 2.73. The molecule has 0 saturated heterocycles. The second kappa shape index (κ2) is 5.34. The summed E-state index contributed by atoms with van der Waals surface area (Å²) in [5.74, 6) is 2.45. The minimum Gasteiger partial charge on any atom is -0.449 e. The number of hydrogen-bond acceptors (Lipinski definition) is 2. The molecule has 0 N–H and O–H groups in total. The summed E-state index contributed by atoms with van der Waals surface area (Å²) in [5.41, 5.74) is 5.77. The van der Waals surface area contributed by atoms with Gasteiger partial charge in [0.2, 0.25) is 5.75 Å². The maximum atomic E-state index is 6.53. The van der Waals surface area contributed by atoms with E-state index < -0.39 is 0 Å². The van der Waals surface area contributed by atoms with Crippen molar-refractivity contribution in [1.29, 1.82) is 0 Å². The lowest BCUT2D eigenvalue weighted by atomic mass is 9.90. The first-order chi connectivity index (χ1) is 12.6. The van der Waals surface area contributed by atoms with Crippen LogP contribution >= 0.6 is 0 Å². The van der Waals surface area contributed by atoms with Gasteiger partial charge in [0, 0.05) is 10.9 Å². The molecule has 26 heavy (non-hydrogen) atoms. The van der Waals surface area contributed by atoms with Crippen LogP contribution in [0.4, 0.5) is 0 Å². The molecule has 0 radical (unpaired) electrons. The summed E-state index contributed by atoms with van der Waals surface area (Å²) < 4.78 is 14.5. The van der Waals surface area contributed by atoms with Gasteiger partial charge >= 0.3 is 5.71 Å². The SMILES string of the molecule is Cc1ccc2cccc3c2c1-c1c(c(CC(C)C)c2ccoc2[n+]1C)O3. The highest BCUT2D eigenvalue weighted by Gasteiger charge is 2.35. The fourth-order valence-corrected chi connectivity index (χ4v) is 4.26. The van der Waals surface area contributed by atoms with Gasteiger partial charge in [0.1, 0.15) is 12.8 Å². The van der Waals surface area contributed by atoms with Gasteiger partial charge in [-0.3, -0.25) is 0 Å². The Labute approximate surface area is 152 Å². The van der Waals surface area contributed by atoms with Gasteiger partial charge < -0.3 is 9.15 Å². The van der Waals surface area contributed by atoms with Gasteiger partial charge in [-0.25, -0.2) is 0 Å². The van der Waals surface area contributed by atoms with Crippen LogP contribution in [0.15, 0.2) is 47.1 Å². The van der Waals surface area contributed by atoms with Crippen molar-refractivity contribution >= 4 is 21.9 Å². The van der Waals surface area contributed by atoms with E-state index in [0.717, 1.165) is 34.7 Å². The van der Waals surface area contributed by atoms with E-state index in [1.807, 2.05) is 0 Å². The van der Waals surface area contributed by atoms with Gasteiger partial charge in [0.05, 0.1) is 17.2 Å². The fourth-order valence-electron chi connectivity index (χ4n) is 4.26. The van der Waals surface area contributed by atoms with E-state index in [0.29, 0.717) is 5.92 Å². The lowest BCUT2D eigenvalue weighted by Crippen LogP contribution is -2.34. The van der Waals surface area contributed by atoms with Gasteiger partial charge in [-0.05, 0) is 42.3 Å². The normalized spacial score (nSPS) is 12.7. The van der Waals surface area contributed by atoms with E-state index >= 15 is 0 Å². The molecular formula is C23H22NO2+. The zero-order valence-electron chi connectivity index (χ0n) is 15.6. The molecule has 0 unspecified atom stereocenters. The summed E-state index contributed by atoms with van der Waals surface area (Å²) in [6, 6.07) is 12.7. The van der Waals surface area contributed by atoms with Crippen molar-refractivity contribution in [2.24, 2.45) is 13.0 Å². The summed E-state index contributed by atoms with van der Waals surface area (Å²) >= 11 is 0. The number of ether oxygens (including phenoxy) is 1. The molecule has 0 spiro atoms. The summed E-state index contributed by atoms with van der Waals surface area (Å²) in [5, 5.41) is 3.54. The molecule has 3 heterocycles. The predicted molar refractivity (Wildman–Crippen MR) is 104 cm³/mol. The highest BCUT2D eigenvalue weighted by Crippen LogP contribution is 2.49. The van der Waals surface area contributed by atoms with E-state index in [1.165, 1.54) is 27.5 Å². The molecule has 0 aliphatic carbocycles. The van der Waals surface area contributed by atoms with Crippen LogP contribution in [-0.4, -0.2) is 0 Å². The third-order valence-electron chi connectivity index (χ3n) is 5.38. The maximum Gasteiger partial charge on any atom is 0.381 e. The van der Waals surface area contributed by atoms with Crippen molar-refractivity contribution in [2.75, 3.05) is 0 Å². The van der Waals surface area contributed by atoms with Crippen LogP contribution < -0.4 is 9.30 Å². The van der Waals surface area contributed by atoms with Crippen molar-refractivity contribution in [2.45, 2.75) is 27.2 Å². The first kappa shape index (κ1) is 15.4. The number of furan rings is 1. The topological polar surface area (TPSA) is 26.2 Å². The molecule has 0 amide bonds. The molecule has 1 aliphatic rings. The molecule has 0 bridgehead atoms. The lowest BCUT2D eigenvalue weighted by Gasteiger charge is -2.23. The standard InChI is InChI=1S/C23H22NO2/c1-13(2)12-17-16-10-11-25-23(16)24(4)21-19-14(3)8-9-15-6-5-7-18(20(15)19)26-22(17)21/h5-11,13H,12H2,1-4H3/q+1. The number of benzene rings is 2. The van der Waals surface area contributed by atoms with Crippen LogP contribution in [0.25, 0.3) is 33.1 Å². The quantitative estimate of drug-likeness (QED) is 0.385. The largest absolute Gasteiger partial charge is 0.449 e. The van der Waals surface area contributed by atoms with E-state index in [-0.39, 0.29) is 0 Å². The zero-order chi connectivity index (χ0) is 18.0. The van der Waals surface area contributed by atoms with Gasteiger partial charge in [-0.15, -0.1) is 0 Å². The molecule has 5 rings (SSSR count). The molecular weight excluding hydrogens is 322 g/mol. The second-order valence-corrected chi connectivity index (χ2v) is 7.67. The molecule has 130 valence electrons. The zero-order valence-corrected chi connectivity index (χ0v) is 15.6. The molecule has 2 aromatic carbocycles. The fraction of sp³-hybridized carbons (Fsp3) is 0.261. The number of rotatable bonds is 2. The molecule has 3 heteroatoms. The first-order valence-electron chi connectivity index (χ1n) is 9.19. The number of pyridine rings is 1. The van der Waals surface area contributed by atoms with Gasteiger partial charge in [0.25, 0.3) is 5.69 Å². The lowest BCUT2D eigenvalue weighted by molar-refractivity contribution is -0.640.